The van der Waals surface area contributed by atoms with Crippen LogP contribution in [0.25, 0.3) is 0 Å². The first-order chi connectivity index (χ1) is 13.0. The lowest BCUT2D eigenvalue weighted by Gasteiger charge is -2.54. The Kier molecular flexibility index (Phi) is 9.16. The summed E-state index contributed by atoms with van der Waals surface area (Å²) in [5.41, 5.74) is 0.413. The van der Waals surface area contributed by atoms with Crippen LogP contribution in [0.15, 0.2) is 0 Å². The van der Waals surface area contributed by atoms with E-state index in [4.69, 9.17) is 0 Å². The Labute approximate surface area is 168 Å². The highest BCUT2D eigenvalue weighted by Gasteiger charge is 2.47. The van der Waals surface area contributed by atoms with Gasteiger partial charge in [0.2, 0.25) is 5.91 Å². The number of nitrogens with zero attached hydrogens (tertiary/aromatic N) is 2. The summed E-state index contributed by atoms with van der Waals surface area (Å²) in [6.07, 6.45) is 10.7. The molecule has 1 amide bonds. The highest BCUT2D eigenvalue weighted by Crippen LogP contribution is 2.41. The van der Waals surface area contributed by atoms with Crippen molar-refractivity contribution in [1.82, 2.24) is 9.80 Å². The number of carbonyl (C=O) groups is 1. The van der Waals surface area contributed by atoms with Gasteiger partial charge in [0.1, 0.15) is 0 Å². The first-order valence-corrected chi connectivity index (χ1v) is 11.5. The third kappa shape index (κ3) is 6.53. The lowest BCUT2D eigenvalue weighted by molar-refractivity contribution is -0.151. The second kappa shape index (κ2) is 11.1. The third-order valence-corrected chi connectivity index (χ3v) is 6.79. The van der Waals surface area contributed by atoms with Crippen molar-refractivity contribution in [1.29, 1.82) is 0 Å². The zero-order valence-electron chi connectivity index (χ0n) is 18.4. The molecule has 2 unspecified atom stereocenters. The molecule has 0 aromatic rings. The molecule has 0 radical (unpaired) electrons. The molecule has 27 heavy (non-hydrogen) atoms. The minimum absolute atomic E-state index is 0.259. The largest absolute Gasteiger partial charge is 0.341 e. The summed E-state index contributed by atoms with van der Waals surface area (Å²) in [4.78, 5) is 17.5. The van der Waals surface area contributed by atoms with Crippen LogP contribution in [0.2, 0.25) is 0 Å². The Hall–Kier alpha value is -1.01. The molecule has 2 atom stereocenters. The molecule has 154 valence electrons. The monoisotopic (exact) mass is 374 g/mol. The molecule has 2 heterocycles. The van der Waals surface area contributed by atoms with E-state index < -0.39 is 0 Å². The minimum Gasteiger partial charge on any atom is -0.341 e. The van der Waals surface area contributed by atoms with Gasteiger partial charge in [0.05, 0.1) is 6.54 Å². The maximum Gasteiger partial charge on any atom is 0.225 e. The molecule has 0 saturated carbocycles. The van der Waals surface area contributed by atoms with Gasteiger partial charge in [-0.1, -0.05) is 65.2 Å². The van der Waals surface area contributed by atoms with Crippen molar-refractivity contribution in [2.75, 3.05) is 32.7 Å². The second-order valence-corrected chi connectivity index (χ2v) is 9.06. The van der Waals surface area contributed by atoms with Crippen LogP contribution in [0.3, 0.4) is 0 Å². The Morgan fingerprint density at radius 3 is 2.33 bits per heavy atom. The van der Waals surface area contributed by atoms with E-state index in [1.54, 1.807) is 0 Å². The number of hydrogen-bond donors (Lipinski definition) is 0. The van der Waals surface area contributed by atoms with Crippen LogP contribution >= 0.6 is 0 Å². The van der Waals surface area contributed by atoms with Gasteiger partial charge in [0.15, 0.2) is 0 Å². The van der Waals surface area contributed by atoms with Crippen LogP contribution in [0, 0.1) is 29.1 Å². The van der Waals surface area contributed by atoms with E-state index in [2.05, 4.69) is 49.3 Å². The summed E-state index contributed by atoms with van der Waals surface area (Å²) >= 11 is 0. The topological polar surface area (TPSA) is 23.6 Å². The van der Waals surface area contributed by atoms with Gasteiger partial charge >= 0.3 is 0 Å². The molecule has 0 bridgehead atoms. The first-order valence-electron chi connectivity index (χ1n) is 11.5. The molecule has 2 aliphatic heterocycles. The van der Waals surface area contributed by atoms with E-state index in [0.717, 1.165) is 52.0 Å². The minimum atomic E-state index is 0.259. The predicted molar refractivity (Wildman–Crippen MR) is 114 cm³/mol. The summed E-state index contributed by atoms with van der Waals surface area (Å²) in [5.74, 6) is 7.91. The molecule has 0 aromatic heterocycles. The molecular weight excluding hydrogens is 332 g/mol. The molecule has 2 fully saturated rings. The SMILES string of the molecule is CCCCCCC(CC)C(=O)N1CC2(CCN(CC#CC(C)CC)CC2)C1. The molecule has 1 spiro atoms. The van der Waals surface area contributed by atoms with E-state index in [0.29, 0.717) is 17.2 Å². The van der Waals surface area contributed by atoms with Crippen LogP contribution in [-0.4, -0.2) is 48.4 Å². The van der Waals surface area contributed by atoms with Gasteiger partial charge in [-0.05, 0) is 45.2 Å². The van der Waals surface area contributed by atoms with Crippen molar-refractivity contribution in [3.05, 3.63) is 0 Å². The number of rotatable bonds is 9. The van der Waals surface area contributed by atoms with E-state index >= 15 is 0 Å². The molecule has 3 nitrogen and oxygen atoms in total. The molecule has 2 aliphatic rings. The zero-order valence-corrected chi connectivity index (χ0v) is 18.4. The van der Waals surface area contributed by atoms with Crippen molar-refractivity contribution < 1.29 is 4.79 Å². The van der Waals surface area contributed by atoms with Gasteiger partial charge in [-0.15, -0.1) is 0 Å². The second-order valence-electron chi connectivity index (χ2n) is 9.06. The Morgan fingerprint density at radius 1 is 1.04 bits per heavy atom. The normalized spacial score (nSPS) is 21.3. The van der Waals surface area contributed by atoms with Crippen molar-refractivity contribution >= 4 is 5.91 Å². The Balaban J connectivity index is 1.70. The quantitative estimate of drug-likeness (QED) is 0.421. The van der Waals surface area contributed by atoms with Crippen LogP contribution in [0.5, 0.6) is 0 Å². The van der Waals surface area contributed by atoms with Gasteiger partial charge < -0.3 is 4.90 Å². The summed E-state index contributed by atoms with van der Waals surface area (Å²) < 4.78 is 0. The van der Waals surface area contributed by atoms with Crippen LogP contribution in [0.1, 0.15) is 85.5 Å². The van der Waals surface area contributed by atoms with Crippen LogP contribution < -0.4 is 0 Å². The fourth-order valence-corrected chi connectivity index (χ4v) is 4.43. The van der Waals surface area contributed by atoms with Gasteiger partial charge in [0.25, 0.3) is 0 Å². The van der Waals surface area contributed by atoms with Gasteiger partial charge in [0, 0.05) is 30.3 Å². The van der Waals surface area contributed by atoms with E-state index in [1.807, 2.05) is 0 Å². The van der Waals surface area contributed by atoms with E-state index in [-0.39, 0.29) is 5.92 Å². The average Bonchev–Trinajstić information content (AvgIpc) is 2.66. The maximum atomic E-state index is 12.8. The molecular formula is C24H42N2O. The fourth-order valence-electron chi connectivity index (χ4n) is 4.43. The molecule has 0 N–H and O–H groups in total. The van der Waals surface area contributed by atoms with Crippen molar-refractivity contribution in [3.63, 3.8) is 0 Å². The van der Waals surface area contributed by atoms with Crippen molar-refractivity contribution in [3.8, 4) is 11.8 Å². The molecule has 0 aromatic carbocycles. The average molecular weight is 375 g/mol. The number of carbonyl (C=O) groups excluding carboxylic acids is 1. The smallest absolute Gasteiger partial charge is 0.225 e. The predicted octanol–water partition coefficient (Wildman–Crippen LogP) is 4.96. The third-order valence-electron chi connectivity index (χ3n) is 6.79. The standard InChI is InChI=1S/C24H42N2O/c1-5-8-9-10-13-22(7-3)23(27)26-19-24(20-26)14-17-25(18-15-24)16-11-12-21(4)6-2/h21-22H,5-10,13-20H2,1-4H3. The molecule has 2 saturated heterocycles. The molecule has 2 rings (SSSR count). The summed E-state index contributed by atoms with van der Waals surface area (Å²) in [5, 5.41) is 0. The molecule has 3 heteroatoms. The number of unbranched alkanes of at least 4 members (excludes halogenated alkanes) is 3. The van der Waals surface area contributed by atoms with Crippen molar-refractivity contribution in [2.24, 2.45) is 17.3 Å². The van der Waals surface area contributed by atoms with Crippen LogP contribution in [0.4, 0.5) is 0 Å². The van der Waals surface area contributed by atoms with Crippen molar-refractivity contribution in [2.45, 2.75) is 85.5 Å². The Morgan fingerprint density at radius 2 is 1.74 bits per heavy atom. The molecule has 0 aliphatic carbocycles. The van der Waals surface area contributed by atoms with Gasteiger partial charge in [-0.3, -0.25) is 9.69 Å². The van der Waals surface area contributed by atoms with Gasteiger partial charge in [-0.25, -0.2) is 0 Å². The Bertz CT molecular complexity index is 502. The highest BCUT2D eigenvalue weighted by atomic mass is 16.2. The lowest BCUT2D eigenvalue weighted by atomic mass is 9.71. The number of likely N-dealkylation sites (tertiary alicyclic amines) is 2. The highest BCUT2D eigenvalue weighted by molar-refractivity contribution is 5.79. The van der Waals surface area contributed by atoms with E-state index in [9.17, 15) is 4.79 Å². The fraction of sp³-hybridized carbons (Fsp3) is 0.875. The lowest BCUT2D eigenvalue weighted by Crippen LogP contribution is -2.62. The summed E-state index contributed by atoms with van der Waals surface area (Å²) in [7, 11) is 0. The maximum absolute atomic E-state index is 12.8. The zero-order chi connectivity index (χ0) is 19.7. The number of amides is 1. The first kappa shape index (κ1) is 22.3. The summed E-state index contributed by atoms with van der Waals surface area (Å²) in [6.45, 7) is 14.0. The van der Waals surface area contributed by atoms with E-state index in [1.165, 1.54) is 38.5 Å². The number of piperidine rings is 1. The number of hydrogen-bond acceptors (Lipinski definition) is 2. The summed E-state index contributed by atoms with van der Waals surface area (Å²) in [6, 6.07) is 0. The van der Waals surface area contributed by atoms with Crippen LogP contribution in [-0.2, 0) is 4.79 Å². The van der Waals surface area contributed by atoms with Gasteiger partial charge in [-0.2, -0.15) is 0 Å².